The quantitative estimate of drug-likeness (QED) is 0.369. The minimum Gasteiger partial charge on any atom is -0.493 e. The molecule has 1 rings (SSSR count). The Labute approximate surface area is 167 Å². The number of hydrogen-bond acceptors (Lipinski definition) is 4. The van der Waals surface area contributed by atoms with Gasteiger partial charge in [-0.25, -0.2) is 4.99 Å². The number of hydrogen-bond donors (Lipinski definition) is 2. The lowest BCUT2D eigenvalue weighted by molar-refractivity contribution is -0.127. The Hall–Kier alpha value is -1.71. The Morgan fingerprint density at radius 3 is 2.40 bits per heavy atom. The summed E-state index contributed by atoms with van der Waals surface area (Å²) in [4.78, 5) is 17.6. The van der Waals surface area contributed by atoms with E-state index >= 15 is 0 Å². The van der Waals surface area contributed by atoms with Crippen LogP contribution in [0.4, 0.5) is 5.69 Å². The van der Waals surface area contributed by atoms with E-state index in [0.717, 1.165) is 12.1 Å². The van der Waals surface area contributed by atoms with E-state index in [1.807, 2.05) is 18.2 Å². The number of nitrogens with zero attached hydrogens (tertiary/aromatic N) is 2. The summed E-state index contributed by atoms with van der Waals surface area (Å²) in [6.45, 7) is 4.21. The molecule has 0 aliphatic carbocycles. The number of ether oxygens (including phenoxy) is 2. The molecule has 1 aromatic rings. The molecule has 0 heterocycles. The predicted octanol–water partition coefficient (Wildman–Crippen LogP) is 2.57. The second-order valence-electron chi connectivity index (χ2n) is 5.60. The minimum atomic E-state index is -0.0624. The fourth-order valence-corrected chi connectivity index (χ4v) is 1.80. The van der Waals surface area contributed by atoms with Crippen LogP contribution in [0.1, 0.15) is 20.3 Å². The van der Waals surface area contributed by atoms with Crippen LogP contribution in [-0.4, -0.2) is 57.7 Å². The Bertz CT molecular complexity index is 579. The molecule has 142 valence electrons. The number of benzene rings is 1. The maximum absolute atomic E-state index is 11.8. The molecule has 0 radical (unpaired) electrons. The average Bonchev–Trinajstić information content (AvgIpc) is 2.58. The summed E-state index contributed by atoms with van der Waals surface area (Å²) >= 11 is 0. The van der Waals surface area contributed by atoms with Crippen LogP contribution in [0.2, 0.25) is 0 Å². The Morgan fingerprint density at radius 2 is 1.88 bits per heavy atom. The van der Waals surface area contributed by atoms with Gasteiger partial charge in [-0.2, -0.15) is 0 Å². The number of nitrogens with one attached hydrogen (secondary N) is 2. The maximum atomic E-state index is 11.8. The number of amides is 1. The number of likely N-dealkylation sites (N-methyl/N-ethyl adjacent to an activating group) is 1. The van der Waals surface area contributed by atoms with E-state index in [-0.39, 0.29) is 42.5 Å². The van der Waals surface area contributed by atoms with Crippen LogP contribution >= 0.6 is 24.0 Å². The summed E-state index contributed by atoms with van der Waals surface area (Å²) in [5.74, 6) is 1.76. The normalized spacial score (nSPS) is 11.8. The lowest BCUT2D eigenvalue weighted by Crippen LogP contribution is -2.38. The number of halogens is 1. The molecule has 2 N–H and O–H groups in total. The highest BCUT2D eigenvalue weighted by atomic mass is 127. The van der Waals surface area contributed by atoms with Gasteiger partial charge in [-0.05, 0) is 25.5 Å². The van der Waals surface area contributed by atoms with Crippen LogP contribution in [0.5, 0.6) is 11.5 Å². The van der Waals surface area contributed by atoms with Crippen molar-refractivity contribution in [3.8, 4) is 11.5 Å². The Morgan fingerprint density at radius 1 is 1.24 bits per heavy atom. The summed E-state index contributed by atoms with van der Waals surface area (Å²) in [6, 6.07) is 5.72. The molecule has 8 heteroatoms. The summed E-state index contributed by atoms with van der Waals surface area (Å²) in [5, 5.41) is 6.47. The highest BCUT2D eigenvalue weighted by Crippen LogP contribution is 2.29. The van der Waals surface area contributed by atoms with Gasteiger partial charge in [-0.1, -0.05) is 6.92 Å². The molecule has 1 amide bonds. The van der Waals surface area contributed by atoms with Crippen molar-refractivity contribution >= 4 is 41.5 Å². The Balaban J connectivity index is 0.00000576. The lowest BCUT2D eigenvalue weighted by atomic mass is 10.2. The first-order valence-corrected chi connectivity index (χ1v) is 7.91. The molecule has 1 unspecified atom stereocenters. The van der Waals surface area contributed by atoms with Gasteiger partial charge < -0.3 is 25.0 Å². The van der Waals surface area contributed by atoms with Gasteiger partial charge in [0.15, 0.2) is 17.5 Å². The topological polar surface area (TPSA) is 75.2 Å². The van der Waals surface area contributed by atoms with E-state index in [1.165, 1.54) is 4.90 Å². The summed E-state index contributed by atoms with van der Waals surface area (Å²) in [6.07, 6.45) is 0.939. The zero-order chi connectivity index (χ0) is 18.1. The number of rotatable bonds is 7. The third-order valence-corrected chi connectivity index (χ3v) is 3.51. The van der Waals surface area contributed by atoms with E-state index in [1.54, 1.807) is 28.3 Å². The van der Waals surface area contributed by atoms with Gasteiger partial charge in [-0.3, -0.25) is 4.79 Å². The maximum Gasteiger partial charge on any atom is 0.243 e. The van der Waals surface area contributed by atoms with Gasteiger partial charge in [0, 0.05) is 31.9 Å². The van der Waals surface area contributed by atoms with Crippen LogP contribution in [0.3, 0.4) is 0 Å². The van der Waals surface area contributed by atoms with Gasteiger partial charge in [0.05, 0.1) is 14.2 Å². The molecule has 0 aliphatic rings. The van der Waals surface area contributed by atoms with Gasteiger partial charge >= 0.3 is 0 Å². The Kier molecular flexibility index (Phi) is 11.0. The molecular formula is C17H29IN4O3. The van der Waals surface area contributed by atoms with E-state index in [4.69, 9.17) is 9.47 Å². The van der Waals surface area contributed by atoms with Crippen LogP contribution in [0.25, 0.3) is 0 Å². The molecular weight excluding hydrogens is 435 g/mol. The van der Waals surface area contributed by atoms with E-state index in [2.05, 4.69) is 29.5 Å². The molecule has 0 saturated carbocycles. The smallest absolute Gasteiger partial charge is 0.243 e. The zero-order valence-corrected chi connectivity index (χ0v) is 18.1. The molecule has 1 aromatic carbocycles. The second-order valence-corrected chi connectivity index (χ2v) is 5.60. The van der Waals surface area contributed by atoms with Gasteiger partial charge in [0.1, 0.15) is 6.54 Å². The first-order chi connectivity index (χ1) is 11.4. The van der Waals surface area contributed by atoms with Crippen molar-refractivity contribution in [3.05, 3.63) is 18.2 Å². The monoisotopic (exact) mass is 464 g/mol. The highest BCUT2D eigenvalue weighted by molar-refractivity contribution is 14.0. The number of carbonyl (C=O) groups excluding carboxylic acids is 1. The molecule has 0 aromatic heterocycles. The first-order valence-electron chi connectivity index (χ1n) is 7.91. The SMILES string of the molecule is CCC(C)NC(=NCC(=O)N(C)C)Nc1ccc(OC)c(OC)c1.I. The van der Waals surface area contributed by atoms with Crippen LogP contribution < -0.4 is 20.1 Å². The summed E-state index contributed by atoms with van der Waals surface area (Å²) < 4.78 is 10.5. The zero-order valence-electron chi connectivity index (χ0n) is 15.8. The molecule has 0 aliphatic heterocycles. The third kappa shape index (κ3) is 7.80. The van der Waals surface area contributed by atoms with Crippen LogP contribution in [0, 0.1) is 0 Å². The highest BCUT2D eigenvalue weighted by Gasteiger charge is 2.09. The molecule has 0 bridgehead atoms. The van der Waals surface area contributed by atoms with Crippen molar-refractivity contribution in [2.75, 3.05) is 40.2 Å². The fraction of sp³-hybridized carbons (Fsp3) is 0.529. The standard InChI is InChI=1S/C17H28N4O3.HI/c1-7-12(2)19-17(18-11-16(22)21(3)4)20-13-8-9-14(23-5)15(10-13)24-6;/h8-10,12H,7,11H2,1-6H3,(H2,18,19,20);1H. The molecule has 0 spiro atoms. The van der Waals surface area contributed by atoms with E-state index in [9.17, 15) is 4.79 Å². The van der Waals surface area contributed by atoms with Crippen LogP contribution in [-0.2, 0) is 4.79 Å². The molecule has 1 atom stereocenters. The van der Waals surface area contributed by atoms with Crippen molar-refractivity contribution < 1.29 is 14.3 Å². The van der Waals surface area contributed by atoms with Crippen molar-refractivity contribution in [1.29, 1.82) is 0 Å². The van der Waals surface area contributed by atoms with Gasteiger partial charge in [0.2, 0.25) is 5.91 Å². The van der Waals surface area contributed by atoms with E-state index in [0.29, 0.717) is 17.5 Å². The molecule has 7 nitrogen and oxygen atoms in total. The fourth-order valence-electron chi connectivity index (χ4n) is 1.80. The lowest BCUT2D eigenvalue weighted by Gasteiger charge is -2.18. The van der Waals surface area contributed by atoms with Gasteiger partial charge in [-0.15, -0.1) is 24.0 Å². The molecule has 25 heavy (non-hydrogen) atoms. The predicted molar refractivity (Wildman–Crippen MR) is 112 cm³/mol. The minimum absolute atomic E-state index is 0. The number of anilines is 1. The summed E-state index contributed by atoms with van der Waals surface area (Å²) in [7, 11) is 6.60. The number of guanidine groups is 1. The van der Waals surface area contributed by atoms with Crippen molar-refractivity contribution in [1.82, 2.24) is 10.2 Å². The third-order valence-electron chi connectivity index (χ3n) is 3.51. The number of aliphatic imine (C=N–C) groups is 1. The van der Waals surface area contributed by atoms with Crippen molar-refractivity contribution in [2.45, 2.75) is 26.3 Å². The number of methoxy groups -OCH3 is 2. The molecule has 0 fully saturated rings. The largest absolute Gasteiger partial charge is 0.493 e. The average molecular weight is 464 g/mol. The number of carbonyl (C=O) groups is 1. The van der Waals surface area contributed by atoms with Crippen LogP contribution in [0.15, 0.2) is 23.2 Å². The molecule has 0 saturated heterocycles. The van der Waals surface area contributed by atoms with Crippen molar-refractivity contribution in [3.63, 3.8) is 0 Å². The van der Waals surface area contributed by atoms with Gasteiger partial charge in [0.25, 0.3) is 0 Å². The van der Waals surface area contributed by atoms with E-state index < -0.39 is 0 Å². The second kappa shape index (κ2) is 11.8. The van der Waals surface area contributed by atoms with Crippen molar-refractivity contribution in [2.24, 2.45) is 4.99 Å². The first kappa shape index (κ1) is 23.3. The summed E-state index contributed by atoms with van der Waals surface area (Å²) in [5.41, 5.74) is 0.791.